The third-order valence-electron chi connectivity index (χ3n) is 2.41. The molecule has 1 aromatic rings. The molecule has 0 heterocycles. The van der Waals surface area contributed by atoms with E-state index in [1.165, 1.54) is 6.08 Å². The first-order valence-corrected chi connectivity index (χ1v) is 4.93. The molecule has 0 spiro atoms. The lowest BCUT2D eigenvalue weighted by Gasteiger charge is -2.18. The van der Waals surface area contributed by atoms with Crippen molar-refractivity contribution in [3.8, 4) is 5.75 Å². The van der Waals surface area contributed by atoms with E-state index < -0.39 is 12.2 Å². The van der Waals surface area contributed by atoms with Crippen LogP contribution in [0.15, 0.2) is 37.4 Å². The van der Waals surface area contributed by atoms with Gasteiger partial charge in [-0.15, -0.1) is 6.58 Å². The zero-order valence-electron chi connectivity index (χ0n) is 9.26. The number of rotatable bonds is 5. The van der Waals surface area contributed by atoms with E-state index in [-0.39, 0.29) is 0 Å². The summed E-state index contributed by atoms with van der Waals surface area (Å²) in [6, 6.07) is 5.24. The lowest BCUT2D eigenvalue weighted by Crippen LogP contribution is -2.16. The van der Waals surface area contributed by atoms with Gasteiger partial charge in [0.15, 0.2) is 0 Å². The Morgan fingerprint density at radius 2 is 2.00 bits per heavy atom. The minimum Gasteiger partial charge on any atom is -0.496 e. The van der Waals surface area contributed by atoms with Crippen molar-refractivity contribution in [1.29, 1.82) is 0 Å². The highest BCUT2D eigenvalue weighted by atomic mass is 16.5. The van der Waals surface area contributed by atoms with Crippen molar-refractivity contribution in [2.24, 2.45) is 0 Å². The highest BCUT2D eigenvalue weighted by Crippen LogP contribution is 2.29. The van der Waals surface area contributed by atoms with Gasteiger partial charge in [-0.25, -0.2) is 0 Å². The molecule has 0 bridgehead atoms. The van der Waals surface area contributed by atoms with Gasteiger partial charge < -0.3 is 14.9 Å². The van der Waals surface area contributed by atoms with E-state index in [1.807, 2.05) is 0 Å². The molecule has 0 radical (unpaired) electrons. The van der Waals surface area contributed by atoms with Gasteiger partial charge in [0.25, 0.3) is 0 Å². The Hall–Kier alpha value is -1.58. The normalized spacial score (nSPS) is 13.9. The molecular formula is C13H16O3. The maximum absolute atomic E-state index is 9.90. The van der Waals surface area contributed by atoms with Crippen LogP contribution < -0.4 is 4.74 Å². The maximum Gasteiger partial charge on any atom is 0.126 e. The van der Waals surface area contributed by atoms with Crippen LogP contribution in [0.3, 0.4) is 0 Å². The molecule has 1 rings (SSSR count). The molecule has 1 aromatic carbocycles. The number of hydrogen-bond donors (Lipinski definition) is 2. The molecule has 0 unspecified atom stereocenters. The van der Waals surface area contributed by atoms with Gasteiger partial charge in [0.1, 0.15) is 18.0 Å². The Bertz CT molecular complexity index is 385. The van der Waals surface area contributed by atoms with E-state index in [4.69, 9.17) is 4.74 Å². The van der Waals surface area contributed by atoms with Crippen LogP contribution in [0.5, 0.6) is 5.75 Å². The number of methoxy groups -OCH3 is 1. The molecule has 0 fully saturated rings. The average molecular weight is 220 g/mol. The van der Waals surface area contributed by atoms with Gasteiger partial charge >= 0.3 is 0 Å². The number of hydrogen-bond acceptors (Lipinski definition) is 3. The van der Waals surface area contributed by atoms with E-state index in [9.17, 15) is 10.2 Å². The smallest absolute Gasteiger partial charge is 0.126 e. The lowest BCUT2D eigenvalue weighted by molar-refractivity contribution is 0.0482. The Morgan fingerprint density at radius 1 is 1.31 bits per heavy atom. The summed E-state index contributed by atoms with van der Waals surface area (Å²) in [6.07, 6.45) is 0.843. The highest BCUT2D eigenvalue weighted by molar-refractivity contribution is 5.60. The summed E-state index contributed by atoms with van der Waals surface area (Å²) in [5.41, 5.74) is 1.25. The second-order valence-corrected chi connectivity index (χ2v) is 3.34. The molecule has 0 aromatic heterocycles. The van der Waals surface area contributed by atoms with E-state index in [0.29, 0.717) is 16.9 Å². The zero-order valence-corrected chi connectivity index (χ0v) is 9.26. The Labute approximate surface area is 95.3 Å². The van der Waals surface area contributed by atoms with Crippen LogP contribution >= 0.6 is 0 Å². The fourth-order valence-corrected chi connectivity index (χ4v) is 1.53. The highest BCUT2D eigenvalue weighted by Gasteiger charge is 2.19. The molecule has 0 aliphatic rings. The monoisotopic (exact) mass is 220 g/mol. The molecule has 0 amide bonds. The predicted octanol–water partition coefficient (Wildman–Crippen LogP) is 1.92. The fraction of sp³-hybridized carbons (Fsp3) is 0.231. The van der Waals surface area contributed by atoms with Crippen LogP contribution in [-0.2, 0) is 0 Å². The first kappa shape index (κ1) is 12.5. The minimum absolute atomic E-state index is 0.571. The molecule has 0 saturated carbocycles. The summed E-state index contributed by atoms with van der Waals surface area (Å²) in [7, 11) is 1.54. The maximum atomic E-state index is 9.90. The fourth-order valence-electron chi connectivity index (χ4n) is 1.53. The largest absolute Gasteiger partial charge is 0.496 e. The zero-order chi connectivity index (χ0) is 12.1. The summed E-state index contributed by atoms with van der Waals surface area (Å²) in [5.74, 6) is 0.614. The van der Waals surface area contributed by atoms with Crippen molar-refractivity contribution in [3.05, 3.63) is 48.6 Å². The van der Waals surface area contributed by atoms with E-state index in [1.54, 1.807) is 31.4 Å². The molecule has 2 N–H and O–H groups in total. The molecule has 3 heteroatoms. The second kappa shape index (κ2) is 5.49. The second-order valence-electron chi connectivity index (χ2n) is 3.34. The third kappa shape index (κ3) is 2.32. The number of ether oxygens (including phenoxy) is 1. The number of benzene rings is 1. The van der Waals surface area contributed by atoms with Gasteiger partial charge in [0.2, 0.25) is 0 Å². The quantitative estimate of drug-likeness (QED) is 0.745. The molecule has 0 aliphatic heterocycles. The predicted molar refractivity (Wildman–Crippen MR) is 64.2 cm³/mol. The first-order valence-electron chi connectivity index (χ1n) is 4.93. The lowest BCUT2D eigenvalue weighted by atomic mass is 9.98. The standard InChI is InChI=1S/C13H16O3/c1-4-9-10(13(15)11(14)5-2)7-6-8-12(9)16-3/h4-8,11,13-15H,1-2H2,3H3/t11-,13+/m0/s1. The van der Waals surface area contributed by atoms with Crippen LogP contribution in [-0.4, -0.2) is 23.4 Å². The van der Waals surface area contributed by atoms with Crippen LogP contribution in [0, 0.1) is 0 Å². The summed E-state index contributed by atoms with van der Waals surface area (Å²) in [4.78, 5) is 0. The minimum atomic E-state index is -1.03. The van der Waals surface area contributed by atoms with Crippen molar-refractivity contribution < 1.29 is 14.9 Å². The van der Waals surface area contributed by atoms with E-state index >= 15 is 0 Å². The Balaban J connectivity index is 3.22. The SMILES string of the molecule is C=Cc1c(OC)cccc1[C@@H](O)[C@@H](O)C=C. The Morgan fingerprint density at radius 3 is 2.50 bits per heavy atom. The van der Waals surface area contributed by atoms with Gasteiger partial charge in [-0.05, 0) is 11.6 Å². The van der Waals surface area contributed by atoms with Gasteiger partial charge in [0.05, 0.1) is 7.11 Å². The first-order chi connectivity index (χ1) is 7.65. The molecule has 0 aliphatic carbocycles. The number of aliphatic hydroxyl groups excluding tert-OH is 2. The molecule has 86 valence electrons. The Kier molecular flexibility index (Phi) is 4.28. The molecule has 16 heavy (non-hydrogen) atoms. The topological polar surface area (TPSA) is 49.7 Å². The van der Waals surface area contributed by atoms with Gasteiger partial charge in [-0.3, -0.25) is 0 Å². The van der Waals surface area contributed by atoms with Crippen LogP contribution in [0.1, 0.15) is 17.2 Å². The van der Waals surface area contributed by atoms with Crippen molar-refractivity contribution in [2.45, 2.75) is 12.2 Å². The molecular weight excluding hydrogens is 204 g/mol. The molecule has 0 saturated heterocycles. The van der Waals surface area contributed by atoms with Crippen molar-refractivity contribution >= 4 is 6.08 Å². The van der Waals surface area contributed by atoms with E-state index in [2.05, 4.69) is 13.2 Å². The number of aliphatic hydroxyl groups is 2. The van der Waals surface area contributed by atoms with E-state index in [0.717, 1.165) is 0 Å². The molecule has 3 nitrogen and oxygen atoms in total. The summed E-state index contributed by atoms with van der Waals surface area (Å²) >= 11 is 0. The van der Waals surface area contributed by atoms with Gasteiger partial charge in [-0.1, -0.05) is 30.9 Å². The third-order valence-corrected chi connectivity index (χ3v) is 2.41. The average Bonchev–Trinajstić information content (AvgIpc) is 2.35. The van der Waals surface area contributed by atoms with Gasteiger partial charge in [0, 0.05) is 5.56 Å². The van der Waals surface area contributed by atoms with Gasteiger partial charge in [-0.2, -0.15) is 0 Å². The molecule has 2 atom stereocenters. The summed E-state index contributed by atoms with van der Waals surface area (Å²) < 4.78 is 5.15. The van der Waals surface area contributed by atoms with Crippen LogP contribution in [0.2, 0.25) is 0 Å². The van der Waals surface area contributed by atoms with Crippen molar-refractivity contribution in [1.82, 2.24) is 0 Å². The summed E-state index contributed by atoms with van der Waals surface area (Å²) in [6.45, 7) is 7.11. The van der Waals surface area contributed by atoms with Crippen molar-refractivity contribution in [3.63, 3.8) is 0 Å². The summed E-state index contributed by atoms with van der Waals surface area (Å²) in [5, 5.41) is 19.4. The van der Waals surface area contributed by atoms with Crippen molar-refractivity contribution in [2.75, 3.05) is 7.11 Å². The van der Waals surface area contributed by atoms with Crippen LogP contribution in [0.25, 0.3) is 6.08 Å². The van der Waals surface area contributed by atoms with Crippen LogP contribution in [0.4, 0.5) is 0 Å².